The third-order valence-electron chi connectivity index (χ3n) is 4.28. The van der Waals surface area contributed by atoms with Gasteiger partial charge in [-0.05, 0) is 38.1 Å². The SMILES string of the molecule is CCn1c(N/N=C(/C)c2cc3ccccc3o2)nc2ccccc2c1=O. The molecule has 0 atom stereocenters. The van der Waals surface area contributed by atoms with Crippen molar-refractivity contribution in [2.24, 2.45) is 5.10 Å². The maximum absolute atomic E-state index is 12.6. The minimum atomic E-state index is -0.0859. The van der Waals surface area contributed by atoms with Crippen LogP contribution in [0.1, 0.15) is 19.6 Å². The highest BCUT2D eigenvalue weighted by atomic mass is 16.3. The van der Waals surface area contributed by atoms with Gasteiger partial charge in [-0.25, -0.2) is 10.4 Å². The van der Waals surface area contributed by atoms with Gasteiger partial charge in [0.2, 0.25) is 5.95 Å². The Morgan fingerprint density at radius 1 is 1.19 bits per heavy atom. The zero-order valence-electron chi connectivity index (χ0n) is 14.6. The first-order chi connectivity index (χ1) is 12.7. The largest absolute Gasteiger partial charge is 0.455 e. The third kappa shape index (κ3) is 2.75. The Hall–Kier alpha value is -3.41. The maximum atomic E-state index is 12.6. The molecule has 4 rings (SSSR count). The quantitative estimate of drug-likeness (QED) is 0.448. The van der Waals surface area contributed by atoms with E-state index >= 15 is 0 Å². The molecular formula is C20H18N4O2. The fraction of sp³-hybridized carbons (Fsp3) is 0.150. The lowest BCUT2D eigenvalue weighted by Crippen LogP contribution is -2.23. The summed E-state index contributed by atoms with van der Waals surface area (Å²) in [6, 6.07) is 17.0. The van der Waals surface area contributed by atoms with Crippen molar-refractivity contribution < 1.29 is 4.42 Å². The van der Waals surface area contributed by atoms with Crippen LogP contribution in [0.2, 0.25) is 0 Å². The molecule has 0 fully saturated rings. The molecule has 6 nitrogen and oxygen atoms in total. The van der Waals surface area contributed by atoms with Crippen LogP contribution in [0.5, 0.6) is 0 Å². The summed E-state index contributed by atoms with van der Waals surface area (Å²) < 4.78 is 7.38. The molecule has 0 saturated carbocycles. The van der Waals surface area contributed by atoms with E-state index in [1.54, 1.807) is 10.6 Å². The number of benzene rings is 2. The van der Waals surface area contributed by atoms with Crippen molar-refractivity contribution in [1.29, 1.82) is 0 Å². The number of hydrogen-bond acceptors (Lipinski definition) is 5. The molecule has 0 saturated heterocycles. The van der Waals surface area contributed by atoms with Crippen molar-refractivity contribution in [1.82, 2.24) is 9.55 Å². The van der Waals surface area contributed by atoms with Crippen LogP contribution in [-0.4, -0.2) is 15.3 Å². The van der Waals surface area contributed by atoms with Crippen molar-refractivity contribution in [2.75, 3.05) is 5.43 Å². The molecule has 4 aromatic rings. The van der Waals surface area contributed by atoms with Gasteiger partial charge in [-0.1, -0.05) is 30.3 Å². The third-order valence-corrected chi connectivity index (χ3v) is 4.28. The van der Waals surface area contributed by atoms with Gasteiger partial charge >= 0.3 is 0 Å². The van der Waals surface area contributed by atoms with Crippen molar-refractivity contribution in [3.63, 3.8) is 0 Å². The van der Waals surface area contributed by atoms with E-state index in [0.29, 0.717) is 34.9 Å². The molecule has 0 radical (unpaired) electrons. The predicted octanol–water partition coefficient (Wildman–Crippen LogP) is 4.00. The van der Waals surface area contributed by atoms with Crippen LogP contribution in [0, 0.1) is 0 Å². The average Bonchev–Trinajstić information content (AvgIpc) is 3.10. The van der Waals surface area contributed by atoms with Crippen LogP contribution in [0.3, 0.4) is 0 Å². The summed E-state index contributed by atoms with van der Waals surface area (Å²) in [5.74, 6) is 1.08. The number of para-hydroxylation sites is 2. The number of fused-ring (bicyclic) bond motifs is 2. The van der Waals surface area contributed by atoms with Gasteiger partial charge < -0.3 is 4.42 Å². The van der Waals surface area contributed by atoms with E-state index in [-0.39, 0.29) is 5.56 Å². The highest BCUT2D eigenvalue weighted by molar-refractivity contribution is 6.00. The normalized spacial score (nSPS) is 12.0. The Kier molecular flexibility index (Phi) is 4.01. The molecule has 2 heterocycles. The number of hydrogen-bond donors (Lipinski definition) is 1. The van der Waals surface area contributed by atoms with Crippen LogP contribution in [0.4, 0.5) is 5.95 Å². The highest BCUT2D eigenvalue weighted by Gasteiger charge is 2.10. The monoisotopic (exact) mass is 346 g/mol. The van der Waals surface area contributed by atoms with Gasteiger partial charge in [-0.2, -0.15) is 5.10 Å². The molecule has 2 aromatic carbocycles. The highest BCUT2D eigenvalue weighted by Crippen LogP contribution is 2.19. The van der Waals surface area contributed by atoms with Gasteiger partial charge in [0, 0.05) is 11.9 Å². The topological polar surface area (TPSA) is 72.4 Å². The average molecular weight is 346 g/mol. The van der Waals surface area contributed by atoms with Crippen LogP contribution in [-0.2, 0) is 6.54 Å². The molecule has 6 heteroatoms. The van der Waals surface area contributed by atoms with Crippen molar-refractivity contribution in [2.45, 2.75) is 20.4 Å². The van der Waals surface area contributed by atoms with E-state index in [4.69, 9.17) is 4.42 Å². The number of nitrogens with zero attached hydrogens (tertiary/aromatic N) is 3. The zero-order chi connectivity index (χ0) is 18.1. The molecule has 2 aromatic heterocycles. The molecule has 0 unspecified atom stereocenters. The number of nitrogens with one attached hydrogen (secondary N) is 1. The Morgan fingerprint density at radius 2 is 1.96 bits per heavy atom. The van der Waals surface area contributed by atoms with E-state index in [0.717, 1.165) is 11.0 Å². The van der Waals surface area contributed by atoms with Gasteiger partial charge in [0.25, 0.3) is 5.56 Å². The molecular weight excluding hydrogens is 328 g/mol. The van der Waals surface area contributed by atoms with Gasteiger partial charge in [0.15, 0.2) is 5.76 Å². The van der Waals surface area contributed by atoms with E-state index < -0.39 is 0 Å². The summed E-state index contributed by atoms with van der Waals surface area (Å²) in [5.41, 5.74) is 4.96. The number of anilines is 1. The van der Waals surface area contributed by atoms with Crippen molar-refractivity contribution in [3.05, 3.63) is 70.7 Å². The van der Waals surface area contributed by atoms with Gasteiger partial charge in [0.1, 0.15) is 11.3 Å². The second kappa shape index (κ2) is 6.48. The molecule has 0 bridgehead atoms. The number of furan rings is 1. The fourth-order valence-electron chi connectivity index (χ4n) is 2.90. The zero-order valence-corrected chi connectivity index (χ0v) is 14.6. The van der Waals surface area contributed by atoms with Crippen LogP contribution < -0.4 is 11.0 Å². The lowest BCUT2D eigenvalue weighted by Gasteiger charge is -2.10. The molecule has 0 aliphatic heterocycles. The van der Waals surface area contributed by atoms with E-state index in [1.165, 1.54) is 0 Å². The van der Waals surface area contributed by atoms with Crippen LogP contribution in [0.15, 0.2) is 68.9 Å². The van der Waals surface area contributed by atoms with Gasteiger partial charge in [-0.3, -0.25) is 9.36 Å². The first-order valence-corrected chi connectivity index (χ1v) is 8.46. The molecule has 130 valence electrons. The lowest BCUT2D eigenvalue weighted by molar-refractivity contribution is 0.604. The fourth-order valence-corrected chi connectivity index (χ4v) is 2.90. The van der Waals surface area contributed by atoms with E-state index in [1.807, 2.05) is 62.4 Å². The maximum Gasteiger partial charge on any atom is 0.262 e. The summed E-state index contributed by atoms with van der Waals surface area (Å²) >= 11 is 0. The molecule has 0 aliphatic rings. The number of aromatic nitrogens is 2. The summed E-state index contributed by atoms with van der Waals surface area (Å²) in [6.45, 7) is 4.25. The Morgan fingerprint density at radius 3 is 2.77 bits per heavy atom. The second-order valence-corrected chi connectivity index (χ2v) is 5.96. The summed E-state index contributed by atoms with van der Waals surface area (Å²) in [6.07, 6.45) is 0. The number of rotatable bonds is 4. The van der Waals surface area contributed by atoms with E-state index in [2.05, 4.69) is 15.5 Å². The minimum absolute atomic E-state index is 0.0859. The van der Waals surface area contributed by atoms with Crippen LogP contribution in [0.25, 0.3) is 21.9 Å². The molecule has 0 aliphatic carbocycles. The minimum Gasteiger partial charge on any atom is -0.455 e. The molecule has 0 spiro atoms. The summed E-state index contributed by atoms with van der Waals surface area (Å²) in [4.78, 5) is 17.2. The Bertz CT molecular complexity index is 1150. The first kappa shape index (κ1) is 16.1. The Labute approximate surface area is 149 Å². The Balaban J connectivity index is 1.72. The smallest absolute Gasteiger partial charge is 0.262 e. The van der Waals surface area contributed by atoms with Gasteiger partial charge in [-0.15, -0.1) is 0 Å². The second-order valence-electron chi connectivity index (χ2n) is 5.96. The molecule has 1 N–H and O–H groups in total. The van der Waals surface area contributed by atoms with Crippen molar-refractivity contribution >= 4 is 33.5 Å². The summed E-state index contributed by atoms with van der Waals surface area (Å²) in [7, 11) is 0. The first-order valence-electron chi connectivity index (χ1n) is 8.46. The lowest BCUT2D eigenvalue weighted by atomic mass is 10.2. The summed E-state index contributed by atoms with van der Waals surface area (Å²) in [5, 5.41) is 5.98. The number of hydrazone groups is 1. The standard InChI is InChI=1S/C20H18N4O2/c1-3-24-19(25)15-9-5-6-10-16(15)21-20(24)23-22-13(2)18-12-14-8-4-7-11-17(14)26-18/h4-12H,3H2,1-2H3,(H,21,23)/b22-13-. The predicted molar refractivity (Wildman–Crippen MR) is 104 cm³/mol. The molecule has 26 heavy (non-hydrogen) atoms. The van der Waals surface area contributed by atoms with E-state index in [9.17, 15) is 4.79 Å². The van der Waals surface area contributed by atoms with Crippen LogP contribution >= 0.6 is 0 Å². The van der Waals surface area contributed by atoms with Gasteiger partial charge in [0.05, 0.1) is 10.9 Å². The van der Waals surface area contributed by atoms with Crippen molar-refractivity contribution in [3.8, 4) is 0 Å². The molecule has 0 amide bonds.